The Hall–Kier alpha value is -3.35. The van der Waals surface area contributed by atoms with Crippen molar-refractivity contribution in [3.05, 3.63) is 54.1 Å². The summed E-state index contributed by atoms with van der Waals surface area (Å²) < 4.78 is 41.4. The van der Waals surface area contributed by atoms with Crippen molar-refractivity contribution in [1.29, 1.82) is 0 Å². The number of aliphatic hydroxyl groups excluding tert-OH is 1. The second-order valence-electron chi connectivity index (χ2n) is 13.1. The Bertz CT molecular complexity index is 1420. The molecule has 1 fully saturated rings. The Balaban J connectivity index is 1.60. The van der Waals surface area contributed by atoms with Crippen LogP contribution in [-0.2, 0) is 14.8 Å². The highest BCUT2D eigenvalue weighted by molar-refractivity contribution is 7.92. The summed E-state index contributed by atoms with van der Waals surface area (Å²) in [6.07, 6.45) is 7.22. The average Bonchev–Trinajstić information content (AvgIpc) is 3.06. The number of aliphatic hydroxyl groups is 1. The minimum Gasteiger partial charge on any atom is -0.490 e. The number of anilines is 1. The molecule has 47 heavy (non-hydrogen) atoms. The van der Waals surface area contributed by atoms with E-state index in [-0.39, 0.29) is 59.5 Å². The number of urea groups is 1. The Morgan fingerprint density at radius 1 is 1.04 bits per heavy atom. The van der Waals surface area contributed by atoms with Gasteiger partial charge in [-0.15, -0.1) is 0 Å². The first-order valence-corrected chi connectivity index (χ1v) is 18.4. The second-order valence-corrected chi connectivity index (χ2v) is 14.8. The number of hydrogen-bond acceptors (Lipinski definition) is 7. The Kier molecular flexibility index (Phi) is 13.3. The molecule has 11 nitrogen and oxygen atoms in total. The van der Waals surface area contributed by atoms with Gasteiger partial charge in [-0.2, -0.15) is 0 Å². The number of hydrogen-bond donors (Lipinski definition) is 3. The van der Waals surface area contributed by atoms with Gasteiger partial charge < -0.3 is 29.7 Å². The van der Waals surface area contributed by atoms with Gasteiger partial charge in [-0.1, -0.05) is 44.4 Å². The van der Waals surface area contributed by atoms with Crippen LogP contribution in [0.15, 0.2) is 53.4 Å². The lowest BCUT2D eigenvalue weighted by Crippen LogP contribution is -2.50. The number of carbonyl (C=O) groups is 2. The molecule has 2 aromatic carbocycles. The number of nitrogens with zero attached hydrogens (tertiary/aromatic N) is 2. The molecule has 3 amide bonds. The van der Waals surface area contributed by atoms with Crippen LogP contribution < -0.4 is 14.8 Å². The lowest BCUT2D eigenvalue weighted by Gasteiger charge is -2.36. The summed E-state index contributed by atoms with van der Waals surface area (Å²) in [5.41, 5.74) is 0.408. The molecule has 0 bridgehead atoms. The van der Waals surface area contributed by atoms with Gasteiger partial charge in [-0.3, -0.25) is 9.52 Å². The zero-order valence-electron chi connectivity index (χ0n) is 28.2. The molecule has 3 N–H and O–H groups in total. The van der Waals surface area contributed by atoms with E-state index in [2.05, 4.69) is 10.0 Å². The van der Waals surface area contributed by atoms with Gasteiger partial charge in [0.1, 0.15) is 5.75 Å². The van der Waals surface area contributed by atoms with Crippen LogP contribution in [0.1, 0.15) is 82.5 Å². The molecule has 4 rings (SSSR count). The SMILES string of the molecule is C[C@H]1CCCCO[C@@H](CN(C)C(=O)NC2CCCCC2)[C@@H](C)CN([C@@H](C)CO)C(=O)c2cc(NS(=O)(=O)c3ccccc3)ccc2O1. The number of rotatable bonds is 8. The van der Waals surface area contributed by atoms with Crippen molar-refractivity contribution < 1.29 is 32.6 Å². The van der Waals surface area contributed by atoms with Crippen LogP contribution in [0.2, 0.25) is 0 Å². The molecular formula is C35H52N4O7S. The summed E-state index contributed by atoms with van der Waals surface area (Å²) in [5.74, 6) is -0.263. The number of amides is 3. The summed E-state index contributed by atoms with van der Waals surface area (Å²) in [7, 11) is -2.14. The molecule has 2 aliphatic rings. The quantitative estimate of drug-likeness (QED) is 0.348. The molecule has 12 heteroatoms. The van der Waals surface area contributed by atoms with Crippen molar-refractivity contribution in [2.45, 2.75) is 101 Å². The fraction of sp³-hybridized carbons (Fsp3) is 0.600. The molecule has 1 heterocycles. The standard InChI is InChI=1S/C35H52N4O7S/c1-25-22-39(26(2)24-40)34(41)31-21-29(37-47(43,44)30-16-9-6-10-17-30)18-19-32(31)46-27(3)13-11-12-20-45-33(25)23-38(4)35(42)36-28-14-7-5-8-15-28/h6,9-10,16-19,21,25-28,33,37,40H,5,7-8,11-15,20,22-24H2,1-4H3,(H,36,42)/t25-,26-,27-,33-/m0/s1. The summed E-state index contributed by atoms with van der Waals surface area (Å²) in [6, 6.07) is 12.2. The number of carbonyl (C=O) groups excluding carboxylic acids is 2. The Morgan fingerprint density at radius 3 is 2.45 bits per heavy atom. The molecule has 1 aliphatic carbocycles. The minimum atomic E-state index is -3.91. The topological polar surface area (TPSA) is 138 Å². The minimum absolute atomic E-state index is 0.101. The van der Waals surface area contributed by atoms with Crippen LogP contribution in [0.4, 0.5) is 10.5 Å². The van der Waals surface area contributed by atoms with E-state index in [4.69, 9.17) is 9.47 Å². The molecule has 0 radical (unpaired) electrons. The smallest absolute Gasteiger partial charge is 0.317 e. The summed E-state index contributed by atoms with van der Waals surface area (Å²) in [6.45, 7) is 6.49. The zero-order valence-corrected chi connectivity index (χ0v) is 29.0. The summed E-state index contributed by atoms with van der Waals surface area (Å²) >= 11 is 0. The third-order valence-corrected chi connectivity index (χ3v) is 10.5. The van der Waals surface area contributed by atoms with Crippen LogP contribution >= 0.6 is 0 Å². The highest BCUT2D eigenvalue weighted by atomic mass is 32.2. The number of likely N-dealkylation sites (N-methyl/N-ethyl adjacent to an activating group) is 1. The molecule has 1 aliphatic heterocycles. The maximum absolute atomic E-state index is 14.3. The average molecular weight is 673 g/mol. The lowest BCUT2D eigenvalue weighted by molar-refractivity contribution is -0.0123. The van der Waals surface area contributed by atoms with Crippen molar-refractivity contribution >= 4 is 27.6 Å². The molecule has 0 unspecified atom stereocenters. The van der Waals surface area contributed by atoms with E-state index in [0.717, 1.165) is 44.9 Å². The van der Waals surface area contributed by atoms with E-state index in [1.165, 1.54) is 24.6 Å². The van der Waals surface area contributed by atoms with E-state index >= 15 is 0 Å². The predicted octanol–water partition coefficient (Wildman–Crippen LogP) is 5.26. The highest BCUT2D eigenvalue weighted by Gasteiger charge is 2.31. The molecule has 2 aromatic rings. The van der Waals surface area contributed by atoms with Crippen molar-refractivity contribution in [1.82, 2.24) is 15.1 Å². The van der Waals surface area contributed by atoms with Gasteiger partial charge >= 0.3 is 6.03 Å². The molecule has 1 saturated carbocycles. The first-order valence-electron chi connectivity index (χ1n) is 16.9. The van der Waals surface area contributed by atoms with Crippen LogP contribution in [0.25, 0.3) is 0 Å². The van der Waals surface area contributed by atoms with E-state index in [9.17, 15) is 23.1 Å². The fourth-order valence-corrected chi connectivity index (χ4v) is 7.22. The van der Waals surface area contributed by atoms with Crippen LogP contribution in [0.5, 0.6) is 5.75 Å². The lowest BCUT2D eigenvalue weighted by atomic mass is 9.96. The van der Waals surface area contributed by atoms with E-state index < -0.39 is 22.0 Å². The fourth-order valence-electron chi connectivity index (χ4n) is 6.15. The number of sulfonamides is 1. The first-order chi connectivity index (χ1) is 22.5. The van der Waals surface area contributed by atoms with Gasteiger partial charge in [0.05, 0.1) is 35.3 Å². The van der Waals surface area contributed by atoms with Crippen LogP contribution in [-0.4, -0.2) is 92.9 Å². The van der Waals surface area contributed by atoms with Gasteiger partial charge in [0.25, 0.3) is 15.9 Å². The number of fused-ring (bicyclic) bond motifs is 1. The maximum Gasteiger partial charge on any atom is 0.317 e. The van der Waals surface area contributed by atoms with E-state index in [0.29, 0.717) is 18.9 Å². The molecule has 0 spiro atoms. The second kappa shape index (κ2) is 17.2. The largest absolute Gasteiger partial charge is 0.490 e. The van der Waals surface area contributed by atoms with Crippen molar-refractivity contribution in [2.75, 3.05) is 38.1 Å². The zero-order chi connectivity index (χ0) is 34.0. The number of benzene rings is 2. The highest BCUT2D eigenvalue weighted by Crippen LogP contribution is 2.29. The molecule has 0 aromatic heterocycles. The Labute approximate surface area is 280 Å². The third kappa shape index (κ3) is 10.3. The van der Waals surface area contributed by atoms with E-state index in [1.807, 2.05) is 13.8 Å². The molecule has 4 atom stereocenters. The van der Waals surface area contributed by atoms with Gasteiger partial charge in [0, 0.05) is 44.4 Å². The molecule has 0 saturated heterocycles. The maximum atomic E-state index is 14.3. The van der Waals surface area contributed by atoms with Crippen LogP contribution in [0, 0.1) is 5.92 Å². The van der Waals surface area contributed by atoms with Crippen molar-refractivity contribution in [2.24, 2.45) is 5.92 Å². The van der Waals surface area contributed by atoms with Gasteiger partial charge in [0.15, 0.2) is 0 Å². The monoisotopic (exact) mass is 672 g/mol. The van der Waals surface area contributed by atoms with Crippen molar-refractivity contribution in [3.8, 4) is 5.75 Å². The first kappa shape index (κ1) is 36.5. The normalized spacial score (nSPS) is 22.7. The Morgan fingerprint density at radius 2 is 1.74 bits per heavy atom. The van der Waals surface area contributed by atoms with Gasteiger partial charge in [-0.25, -0.2) is 13.2 Å². The van der Waals surface area contributed by atoms with E-state index in [1.54, 1.807) is 54.1 Å². The van der Waals surface area contributed by atoms with Crippen LogP contribution in [0.3, 0.4) is 0 Å². The summed E-state index contributed by atoms with van der Waals surface area (Å²) in [5, 5.41) is 13.4. The number of nitrogens with one attached hydrogen (secondary N) is 2. The molecule has 260 valence electrons. The predicted molar refractivity (Wildman–Crippen MR) is 182 cm³/mol. The number of ether oxygens (including phenoxy) is 2. The third-order valence-electron chi connectivity index (χ3n) is 9.09. The van der Waals surface area contributed by atoms with Gasteiger partial charge in [-0.05, 0) is 76.3 Å². The van der Waals surface area contributed by atoms with Gasteiger partial charge in [0.2, 0.25) is 0 Å². The molecular weight excluding hydrogens is 620 g/mol. The summed E-state index contributed by atoms with van der Waals surface area (Å²) in [4.78, 5) is 30.8. The van der Waals surface area contributed by atoms with Crippen molar-refractivity contribution in [3.63, 3.8) is 0 Å².